The summed E-state index contributed by atoms with van der Waals surface area (Å²) in [6, 6.07) is 8.33. The molecule has 96 valence electrons. The molecule has 0 amide bonds. The molecule has 3 N–H and O–H groups in total. The Morgan fingerprint density at radius 3 is 2.61 bits per heavy atom. The van der Waals surface area contributed by atoms with Crippen molar-refractivity contribution in [2.45, 2.75) is 12.5 Å². The van der Waals surface area contributed by atoms with Crippen LogP contribution in [0.2, 0.25) is 9.36 Å². The fraction of sp³-hybridized carbons (Fsp3) is 0.167. The molecule has 0 spiro atoms. The number of nitrogens with two attached hydrogens (primary N) is 1. The van der Waals surface area contributed by atoms with Crippen LogP contribution in [0.15, 0.2) is 30.3 Å². The summed E-state index contributed by atoms with van der Waals surface area (Å²) in [7, 11) is 0. The van der Waals surface area contributed by atoms with E-state index in [4.69, 9.17) is 29.0 Å². The number of hydrazine groups is 1. The largest absolute Gasteiger partial charge is 0.271 e. The Bertz CT molecular complexity index is 545. The van der Waals surface area contributed by atoms with Crippen LogP contribution in [0.3, 0.4) is 0 Å². The molecule has 2 nitrogen and oxygen atoms in total. The SMILES string of the molecule is NNC(Cc1ccc(F)c(Cl)c1)c1ccc(Cl)s1. The van der Waals surface area contributed by atoms with E-state index >= 15 is 0 Å². The van der Waals surface area contributed by atoms with Crippen molar-refractivity contribution in [3.8, 4) is 0 Å². The molecule has 0 aliphatic rings. The van der Waals surface area contributed by atoms with E-state index in [2.05, 4.69) is 5.43 Å². The summed E-state index contributed by atoms with van der Waals surface area (Å²) < 4.78 is 13.8. The molecule has 2 aromatic rings. The molecule has 0 bridgehead atoms. The lowest BCUT2D eigenvalue weighted by atomic mass is 10.1. The molecule has 0 aliphatic heterocycles. The highest BCUT2D eigenvalue weighted by atomic mass is 35.5. The van der Waals surface area contributed by atoms with Crippen LogP contribution in [0.25, 0.3) is 0 Å². The standard InChI is InChI=1S/C12H11Cl2FN2S/c13-8-5-7(1-2-9(8)15)6-10(17-16)11-3-4-12(14)18-11/h1-5,10,17H,6,16H2. The summed E-state index contributed by atoms with van der Waals surface area (Å²) in [6.07, 6.45) is 0.618. The van der Waals surface area contributed by atoms with Crippen molar-refractivity contribution in [2.24, 2.45) is 5.84 Å². The Balaban J connectivity index is 2.17. The minimum atomic E-state index is -0.420. The quantitative estimate of drug-likeness (QED) is 0.663. The molecule has 0 aliphatic carbocycles. The van der Waals surface area contributed by atoms with Crippen molar-refractivity contribution in [1.29, 1.82) is 0 Å². The molecule has 1 aromatic heterocycles. The highest BCUT2D eigenvalue weighted by molar-refractivity contribution is 7.16. The summed E-state index contributed by atoms with van der Waals surface area (Å²) in [6.45, 7) is 0. The van der Waals surface area contributed by atoms with Crippen molar-refractivity contribution in [3.05, 3.63) is 55.9 Å². The second-order valence-corrected chi connectivity index (χ2v) is 5.97. The number of hydrogen-bond donors (Lipinski definition) is 2. The molecule has 1 unspecified atom stereocenters. The van der Waals surface area contributed by atoms with Gasteiger partial charge in [-0.15, -0.1) is 11.3 Å². The van der Waals surface area contributed by atoms with Gasteiger partial charge in [-0.2, -0.15) is 0 Å². The van der Waals surface area contributed by atoms with Gasteiger partial charge in [0.15, 0.2) is 0 Å². The molecule has 0 fully saturated rings. The second-order valence-electron chi connectivity index (χ2n) is 3.81. The second kappa shape index (κ2) is 5.99. The van der Waals surface area contributed by atoms with Gasteiger partial charge in [0.25, 0.3) is 0 Å². The third kappa shape index (κ3) is 3.22. The van der Waals surface area contributed by atoms with Gasteiger partial charge in [-0.25, -0.2) is 4.39 Å². The predicted molar refractivity (Wildman–Crippen MR) is 74.5 cm³/mol. The smallest absolute Gasteiger partial charge is 0.141 e. The summed E-state index contributed by atoms with van der Waals surface area (Å²) >= 11 is 13.1. The number of nitrogens with one attached hydrogen (secondary N) is 1. The lowest BCUT2D eigenvalue weighted by Gasteiger charge is -2.14. The first kappa shape index (κ1) is 13.8. The minimum Gasteiger partial charge on any atom is -0.271 e. The van der Waals surface area contributed by atoms with E-state index in [-0.39, 0.29) is 11.1 Å². The van der Waals surface area contributed by atoms with Gasteiger partial charge in [-0.3, -0.25) is 11.3 Å². The number of benzene rings is 1. The molecule has 6 heteroatoms. The Kier molecular flexibility index (Phi) is 4.59. The zero-order valence-electron chi connectivity index (χ0n) is 9.29. The lowest BCUT2D eigenvalue weighted by Crippen LogP contribution is -2.28. The topological polar surface area (TPSA) is 38.0 Å². The van der Waals surface area contributed by atoms with Crippen LogP contribution in [-0.4, -0.2) is 0 Å². The van der Waals surface area contributed by atoms with E-state index in [1.165, 1.54) is 17.4 Å². The van der Waals surface area contributed by atoms with Crippen molar-refractivity contribution < 1.29 is 4.39 Å². The van der Waals surface area contributed by atoms with Gasteiger partial charge in [0, 0.05) is 4.88 Å². The molecule has 0 saturated carbocycles. The van der Waals surface area contributed by atoms with Crippen LogP contribution in [0.5, 0.6) is 0 Å². The van der Waals surface area contributed by atoms with Crippen molar-refractivity contribution in [2.75, 3.05) is 0 Å². The first-order chi connectivity index (χ1) is 8.60. The zero-order valence-corrected chi connectivity index (χ0v) is 11.6. The molecule has 18 heavy (non-hydrogen) atoms. The molecule has 2 rings (SSSR count). The average molecular weight is 305 g/mol. The Morgan fingerprint density at radius 1 is 1.28 bits per heavy atom. The Labute approximate surface area is 118 Å². The third-order valence-electron chi connectivity index (χ3n) is 2.56. The van der Waals surface area contributed by atoms with E-state index < -0.39 is 5.82 Å². The molecule has 1 heterocycles. The molecule has 1 aromatic carbocycles. The third-order valence-corrected chi connectivity index (χ3v) is 4.20. The average Bonchev–Trinajstić information content (AvgIpc) is 2.77. The normalized spacial score (nSPS) is 12.7. The monoisotopic (exact) mass is 304 g/mol. The van der Waals surface area contributed by atoms with E-state index in [0.29, 0.717) is 10.8 Å². The molecular formula is C12H11Cl2FN2S. The Morgan fingerprint density at radius 2 is 2.06 bits per heavy atom. The zero-order chi connectivity index (χ0) is 13.1. The fourth-order valence-corrected chi connectivity index (χ4v) is 2.98. The first-order valence-corrected chi connectivity index (χ1v) is 6.82. The van der Waals surface area contributed by atoms with Crippen LogP contribution in [0.1, 0.15) is 16.5 Å². The van der Waals surface area contributed by atoms with Gasteiger partial charge < -0.3 is 0 Å². The van der Waals surface area contributed by atoms with Gasteiger partial charge in [0.2, 0.25) is 0 Å². The first-order valence-electron chi connectivity index (χ1n) is 5.25. The molecule has 0 saturated heterocycles. The van der Waals surface area contributed by atoms with Crippen LogP contribution in [0.4, 0.5) is 4.39 Å². The van der Waals surface area contributed by atoms with Gasteiger partial charge in [0.05, 0.1) is 15.4 Å². The highest BCUT2D eigenvalue weighted by Gasteiger charge is 2.13. The number of rotatable bonds is 4. The van der Waals surface area contributed by atoms with E-state index in [9.17, 15) is 4.39 Å². The van der Waals surface area contributed by atoms with E-state index in [1.54, 1.807) is 12.1 Å². The maximum absolute atomic E-state index is 13.1. The molecule has 1 atom stereocenters. The highest BCUT2D eigenvalue weighted by Crippen LogP contribution is 2.29. The fourth-order valence-electron chi connectivity index (χ4n) is 1.66. The van der Waals surface area contributed by atoms with Crippen molar-refractivity contribution >= 4 is 34.5 Å². The Hall–Kier alpha value is -0.650. The van der Waals surface area contributed by atoms with Gasteiger partial charge in [0.1, 0.15) is 5.82 Å². The summed E-state index contributed by atoms with van der Waals surface area (Å²) in [5, 5.41) is 0.118. The predicted octanol–water partition coefficient (Wildman–Crippen LogP) is 3.94. The maximum atomic E-state index is 13.1. The van der Waals surface area contributed by atoms with E-state index in [1.807, 2.05) is 12.1 Å². The number of halogens is 3. The van der Waals surface area contributed by atoms with E-state index in [0.717, 1.165) is 10.4 Å². The summed E-state index contributed by atoms with van der Waals surface area (Å²) in [5.74, 6) is 5.12. The van der Waals surface area contributed by atoms with Gasteiger partial charge in [-0.05, 0) is 36.2 Å². The maximum Gasteiger partial charge on any atom is 0.141 e. The van der Waals surface area contributed by atoms with Crippen LogP contribution < -0.4 is 11.3 Å². The summed E-state index contributed by atoms with van der Waals surface area (Å²) in [5.41, 5.74) is 3.64. The van der Waals surface area contributed by atoms with Crippen LogP contribution in [0, 0.1) is 5.82 Å². The lowest BCUT2D eigenvalue weighted by molar-refractivity contribution is 0.559. The van der Waals surface area contributed by atoms with Crippen molar-refractivity contribution in [3.63, 3.8) is 0 Å². The van der Waals surface area contributed by atoms with Gasteiger partial charge in [-0.1, -0.05) is 29.3 Å². The van der Waals surface area contributed by atoms with Crippen LogP contribution >= 0.6 is 34.5 Å². The number of hydrogen-bond acceptors (Lipinski definition) is 3. The van der Waals surface area contributed by atoms with Gasteiger partial charge >= 0.3 is 0 Å². The molecular weight excluding hydrogens is 294 g/mol. The minimum absolute atomic E-state index is 0.0657. The van der Waals surface area contributed by atoms with Crippen molar-refractivity contribution in [1.82, 2.24) is 5.43 Å². The molecule has 0 radical (unpaired) electrons. The number of thiophene rings is 1. The van der Waals surface area contributed by atoms with Crippen LogP contribution in [-0.2, 0) is 6.42 Å². The summed E-state index contributed by atoms with van der Waals surface area (Å²) in [4.78, 5) is 1.03.